The predicted molar refractivity (Wildman–Crippen MR) is 77.4 cm³/mol. The molecule has 5 nitrogen and oxygen atoms in total. The molecule has 1 aromatic heterocycles. The van der Waals surface area contributed by atoms with Crippen molar-refractivity contribution in [3.05, 3.63) is 61.2 Å². The van der Waals surface area contributed by atoms with E-state index in [9.17, 15) is 4.79 Å². The van der Waals surface area contributed by atoms with Crippen molar-refractivity contribution in [1.29, 1.82) is 0 Å². The van der Waals surface area contributed by atoms with Crippen LogP contribution >= 0.6 is 0 Å². The summed E-state index contributed by atoms with van der Waals surface area (Å²) in [4.78, 5) is 23.4. The molecule has 5 heteroatoms. The maximum Gasteiger partial charge on any atom is 0.325 e. The Kier molecular flexibility index (Phi) is 3.25. The number of aromatic amines is 1. The van der Waals surface area contributed by atoms with Crippen molar-refractivity contribution in [2.45, 2.75) is 6.04 Å². The topological polar surface area (TPSA) is 52.2 Å². The molecule has 102 valence electrons. The number of urea groups is 1. The Labute approximate surface area is 117 Å². The van der Waals surface area contributed by atoms with Gasteiger partial charge in [-0.3, -0.25) is 4.90 Å². The molecule has 0 bridgehead atoms. The molecule has 1 fully saturated rings. The van der Waals surface area contributed by atoms with E-state index in [4.69, 9.17) is 0 Å². The summed E-state index contributed by atoms with van der Waals surface area (Å²) in [6, 6.07) is 9.46. The van der Waals surface area contributed by atoms with Gasteiger partial charge < -0.3 is 9.88 Å². The van der Waals surface area contributed by atoms with E-state index < -0.39 is 0 Å². The van der Waals surface area contributed by atoms with Crippen LogP contribution in [0.2, 0.25) is 0 Å². The van der Waals surface area contributed by atoms with E-state index in [0.717, 1.165) is 11.5 Å². The zero-order valence-electron chi connectivity index (χ0n) is 11.1. The highest BCUT2D eigenvalue weighted by atomic mass is 16.2. The number of para-hydroxylation sites is 1. The third kappa shape index (κ3) is 2.07. The van der Waals surface area contributed by atoms with Crippen molar-refractivity contribution in [2.24, 2.45) is 0 Å². The molecule has 0 saturated carbocycles. The molecule has 0 aliphatic carbocycles. The van der Waals surface area contributed by atoms with Crippen LogP contribution in [0.25, 0.3) is 0 Å². The summed E-state index contributed by atoms with van der Waals surface area (Å²) in [6.45, 7) is 5.15. The average molecular weight is 268 g/mol. The molecule has 2 amide bonds. The van der Waals surface area contributed by atoms with E-state index in [1.807, 2.05) is 30.3 Å². The van der Waals surface area contributed by atoms with E-state index >= 15 is 0 Å². The molecule has 0 spiro atoms. The second-order valence-corrected chi connectivity index (χ2v) is 4.62. The highest BCUT2D eigenvalue weighted by Gasteiger charge is 2.34. The van der Waals surface area contributed by atoms with Gasteiger partial charge in [0.05, 0.1) is 0 Å². The van der Waals surface area contributed by atoms with E-state index in [0.29, 0.717) is 13.1 Å². The Hall–Kier alpha value is -2.56. The lowest BCUT2D eigenvalue weighted by Gasteiger charge is -2.24. The highest BCUT2D eigenvalue weighted by molar-refractivity contribution is 5.94. The fourth-order valence-electron chi connectivity index (χ4n) is 2.49. The van der Waals surface area contributed by atoms with Crippen LogP contribution in [0.3, 0.4) is 0 Å². The number of imidazole rings is 1. The summed E-state index contributed by atoms with van der Waals surface area (Å²) < 4.78 is 0. The number of amides is 2. The third-order valence-electron chi connectivity index (χ3n) is 3.47. The lowest BCUT2D eigenvalue weighted by atomic mass is 10.2. The smallest absolute Gasteiger partial charge is 0.325 e. The zero-order valence-corrected chi connectivity index (χ0v) is 11.1. The number of nitrogens with one attached hydrogen (secondary N) is 1. The number of nitrogens with zero attached hydrogens (tertiary/aromatic N) is 3. The minimum atomic E-state index is -0.216. The minimum absolute atomic E-state index is 0.0162. The first-order valence-electron chi connectivity index (χ1n) is 6.56. The maximum absolute atomic E-state index is 12.6. The molecule has 1 saturated heterocycles. The number of carbonyl (C=O) groups excluding carboxylic acids is 1. The number of benzene rings is 1. The highest BCUT2D eigenvalue weighted by Crippen LogP contribution is 2.27. The number of rotatable bonds is 4. The summed E-state index contributed by atoms with van der Waals surface area (Å²) in [5, 5.41) is 0. The van der Waals surface area contributed by atoms with Crippen molar-refractivity contribution in [1.82, 2.24) is 14.9 Å². The molecule has 1 aliphatic rings. The van der Waals surface area contributed by atoms with Crippen molar-refractivity contribution in [2.75, 3.05) is 18.0 Å². The lowest BCUT2D eigenvalue weighted by Crippen LogP contribution is -2.34. The quantitative estimate of drug-likeness (QED) is 0.866. The van der Waals surface area contributed by atoms with E-state index in [1.165, 1.54) is 0 Å². The molecule has 2 aromatic rings. The molecule has 1 unspecified atom stereocenters. The van der Waals surface area contributed by atoms with Gasteiger partial charge in [-0.2, -0.15) is 0 Å². The predicted octanol–water partition coefficient (Wildman–Crippen LogP) is 2.58. The van der Waals surface area contributed by atoms with Crippen molar-refractivity contribution < 1.29 is 4.79 Å². The van der Waals surface area contributed by atoms with Crippen LogP contribution in [0.5, 0.6) is 0 Å². The molecule has 20 heavy (non-hydrogen) atoms. The van der Waals surface area contributed by atoms with Crippen LogP contribution in [-0.4, -0.2) is 34.0 Å². The lowest BCUT2D eigenvalue weighted by molar-refractivity contribution is 0.209. The fourth-order valence-corrected chi connectivity index (χ4v) is 2.49. The molecular weight excluding hydrogens is 252 g/mol. The molecule has 1 aliphatic heterocycles. The van der Waals surface area contributed by atoms with Crippen LogP contribution in [0.15, 0.2) is 55.4 Å². The average Bonchev–Trinajstić information content (AvgIpc) is 3.12. The molecule has 1 atom stereocenters. The Bertz CT molecular complexity index is 594. The molecular formula is C15H16N4O. The van der Waals surface area contributed by atoms with Gasteiger partial charge in [-0.1, -0.05) is 24.3 Å². The SMILES string of the molecule is C=CC(c1ncc[nH]1)N1CCN(c2ccccc2)C1=O. The second-order valence-electron chi connectivity index (χ2n) is 4.62. The monoisotopic (exact) mass is 268 g/mol. The maximum atomic E-state index is 12.6. The van der Waals surface area contributed by atoms with Gasteiger partial charge in [0.25, 0.3) is 0 Å². The van der Waals surface area contributed by atoms with E-state index in [2.05, 4.69) is 16.5 Å². The fraction of sp³-hybridized carbons (Fsp3) is 0.200. The van der Waals surface area contributed by atoms with Gasteiger partial charge in [0.2, 0.25) is 0 Å². The Balaban J connectivity index is 1.84. The number of aromatic nitrogens is 2. The summed E-state index contributed by atoms with van der Waals surface area (Å²) in [5.41, 5.74) is 0.919. The first-order valence-corrected chi connectivity index (χ1v) is 6.56. The summed E-state index contributed by atoms with van der Waals surface area (Å²) >= 11 is 0. The zero-order chi connectivity index (χ0) is 13.9. The van der Waals surface area contributed by atoms with Crippen LogP contribution in [-0.2, 0) is 0 Å². The van der Waals surface area contributed by atoms with Crippen molar-refractivity contribution in [3.63, 3.8) is 0 Å². The summed E-state index contributed by atoms with van der Waals surface area (Å²) in [5.74, 6) is 0.739. The standard InChI is InChI=1S/C15H16N4O/c1-2-13(14-16-8-9-17-14)19-11-10-18(15(19)20)12-6-4-3-5-7-12/h2-9,13H,1,10-11H2,(H,16,17). The van der Waals surface area contributed by atoms with Crippen LogP contribution in [0.4, 0.5) is 10.5 Å². The Morgan fingerprint density at radius 1 is 1.30 bits per heavy atom. The summed E-state index contributed by atoms with van der Waals surface area (Å²) in [7, 11) is 0. The van der Waals surface area contributed by atoms with Crippen LogP contribution in [0.1, 0.15) is 11.9 Å². The second kappa shape index (κ2) is 5.21. The van der Waals surface area contributed by atoms with Gasteiger partial charge in [-0.15, -0.1) is 6.58 Å². The Morgan fingerprint density at radius 2 is 2.10 bits per heavy atom. The molecule has 1 aromatic carbocycles. The number of H-pyrrole nitrogens is 1. The first-order chi connectivity index (χ1) is 9.81. The van der Waals surface area contributed by atoms with Gasteiger partial charge in [-0.05, 0) is 12.1 Å². The van der Waals surface area contributed by atoms with Crippen LogP contribution < -0.4 is 4.90 Å². The number of hydrogen-bond donors (Lipinski definition) is 1. The molecule has 3 rings (SSSR count). The molecule has 1 N–H and O–H groups in total. The van der Waals surface area contributed by atoms with Gasteiger partial charge in [0, 0.05) is 31.2 Å². The van der Waals surface area contributed by atoms with Gasteiger partial charge in [0.15, 0.2) is 0 Å². The summed E-state index contributed by atoms with van der Waals surface area (Å²) in [6.07, 6.45) is 5.17. The first kappa shape index (κ1) is 12.5. The number of hydrogen-bond acceptors (Lipinski definition) is 2. The van der Waals surface area contributed by atoms with Gasteiger partial charge in [-0.25, -0.2) is 9.78 Å². The number of carbonyl (C=O) groups is 1. The van der Waals surface area contributed by atoms with Crippen LogP contribution in [0, 0.1) is 0 Å². The minimum Gasteiger partial charge on any atom is -0.347 e. The normalized spacial score (nSPS) is 16.5. The largest absolute Gasteiger partial charge is 0.347 e. The number of anilines is 1. The van der Waals surface area contributed by atoms with Gasteiger partial charge in [0.1, 0.15) is 11.9 Å². The van der Waals surface area contributed by atoms with Gasteiger partial charge >= 0.3 is 6.03 Å². The van der Waals surface area contributed by atoms with Crippen molar-refractivity contribution >= 4 is 11.7 Å². The molecule has 2 heterocycles. The Morgan fingerprint density at radius 3 is 2.75 bits per heavy atom. The molecule has 0 radical (unpaired) electrons. The van der Waals surface area contributed by atoms with E-state index in [1.54, 1.807) is 28.3 Å². The third-order valence-corrected chi connectivity index (χ3v) is 3.47. The van der Waals surface area contributed by atoms with Crippen molar-refractivity contribution in [3.8, 4) is 0 Å². The van der Waals surface area contributed by atoms with E-state index in [-0.39, 0.29) is 12.1 Å².